The van der Waals surface area contributed by atoms with Gasteiger partial charge < -0.3 is 5.43 Å². The molecule has 1 saturated carbocycles. The number of hydrogen-bond acceptors (Lipinski definition) is 2. The van der Waals surface area contributed by atoms with E-state index in [0.717, 1.165) is 19.3 Å². The van der Waals surface area contributed by atoms with Gasteiger partial charge in [-0.25, -0.2) is 0 Å². The monoisotopic (exact) mass is 138 g/mol. The van der Waals surface area contributed by atoms with Crippen molar-refractivity contribution in [1.29, 1.82) is 0 Å². The highest BCUT2D eigenvalue weighted by Crippen LogP contribution is 2.31. The lowest BCUT2D eigenvalue weighted by Crippen LogP contribution is -2.42. The second-order valence-electron chi connectivity index (χ2n) is 2.80. The Morgan fingerprint density at radius 3 is 3.30 bits per heavy atom. The molecule has 1 atom stereocenters. The fourth-order valence-corrected chi connectivity index (χ4v) is 1.63. The topological polar surface area (TPSA) is 41.1 Å². The van der Waals surface area contributed by atoms with Crippen LogP contribution in [0.2, 0.25) is 0 Å². The van der Waals surface area contributed by atoms with Crippen molar-refractivity contribution in [2.24, 2.45) is 5.92 Å². The van der Waals surface area contributed by atoms with Crippen molar-refractivity contribution in [3.8, 4) is 0 Å². The minimum atomic E-state index is 0.134. The summed E-state index contributed by atoms with van der Waals surface area (Å²) in [6.45, 7) is 0. The van der Waals surface area contributed by atoms with Crippen LogP contribution in [0.1, 0.15) is 19.3 Å². The molecule has 10 heavy (non-hydrogen) atoms. The molecule has 0 aromatic carbocycles. The Hall–Kier alpha value is -0.990. The molecule has 0 bridgehead atoms. The first-order valence-electron chi connectivity index (χ1n) is 3.62. The predicted molar refractivity (Wildman–Crippen MR) is 36.7 cm³/mol. The minimum absolute atomic E-state index is 0.134. The first-order valence-corrected chi connectivity index (χ1v) is 3.62. The number of rotatable bonds is 0. The van der Waals surface area contributed by atoms with E-state index in [4.69, 9.17) is 0 Å². The molecule has 3 nitrogen and oxygen atoms in total. The van der Waals surface area contributed by atoms with Crippen molar-refractivity contribution >= 4 is 5.91 Å². The van der Waals surface area contributed by atoms with Crippen LogP contribution < -0.4 is 10.9 Å². The Labute approximate surface area is 59.5 Å². The molecule has 0 radical (unpaired) electrons. The second-order valence-corrected chi connectivity index (χ2v) is 2.80. The lowest BCUT2D eigenvalue weighted by atomic mass is 10.0. The number of nitrogens with one attached hydrogen (secondary N) is 2. The molecule has 1 amide bonds. The van der Waals surface area contributed by atoms with E-state index in [1.54, 1.807) is 0 Å². The van der Waals surface area contributed by atoms with E-state index < -0.39 is 0 Å². The summed E-state index contributed by atoms with van der Waals surface area (Å²) in [7, 11) is 0. The van der Waals surface area contributed by atoms with Gasteiger partial charge in [-0.15, -0.1) is 0 Å². The van der Waals surface area contributed by atoms with Crippen LogP contribution in [0.4, 0.5) is 0 Å². The fraction of sp³-hybridized carbons (Fsp3) is 0.571. The fourth-order valence-electron chi connectivity index (χ4n) is 1.63. The zero-order valence-electron chi connectivity index (χ0n) is 5.68. The van der Waals surface area contributed by atoms with Crippen molar-refractivity contribution in [2.75, 3.05) is 0 Å². The van der Waals surface area contributed by atoms with Gasteiger partial charge in [0.1, 0.15) is 0 Å². The molecule has 2 aliphatic rings. The van der Waals surface area contributed by atoms with Gasteiger partial charge in [-0.1, -0.05) is 0 Å². The van der Waals surface area contributed by atoms with Crippen molar-refractivity contribution < 1.29 is 4.79 Å². The molecular weight excluding hydrogens is 128 g/mol. The number of fused-ring (bicyclic) bond motifs is 1. The SMILES string of the molecule is O=C1NNC=C2CCCC12. The average Bonchev–Trinajstić information content (AvgIpc) is 2.36. The first kappa shape index (κ1) is 5.77. The summed E-state index contributed by atoms with van der Waals surface area (Å²) in [6.07, 6.45) is 5.19. The molecule has 0 aromatic heterocycles. The van der Waals surface area contributed by atoms with Crippen LogP contribution in [0.3, 0.4) is 0 Å². The maximum absolute atomic E-state index is 11.1. The summed E-state index contributed by atoms with van der Waals surface area (Å²) in [6, 6.07) is 0. The van der Waals surface area contributed by atoms with Gasteiger partial charge in [0.15, 0.2) is 0 Å². The normalized spacial score (nSPS) is 30.2. The minimum Gasteiger partial charge on any atom is -0.306 e. The van der Waals surface area contributed by atoms with E-state index in [2.05, 4.69) is 10.9 Å². The molecule has 2 N–H and O–H groups in total. The van der Waals surface area contributed by atoms with Gasteiger partial charge >= 0.3 is 0 Å². The number of hydrazine groups is 1. The van der Waals surface area contributed by atoms with Gasteiger partial charge in [-0.3, -0.25) is 10.2 Å². The van der Waals surface area contributed by atoms with Gasteiger partial charge in [0.2, 0.25) is 5.91 Å². The van der Waals surface area contributed by atoms with Gasteiger partial charge in [0, 0.05) is 6.20 Å². The molecule has 3 heteroatoms. The summed E-state index contributed by atoms with van der Waals surface area (Å²) < 4.78 is 0. The van der Waals surface area contributed by atoms with Gasteiger partial charge in [0.25, 0.3) is 0 Å². The Balaban J connectivity index is 2.26. The Morgan fingerprint density at radius 2 is 2.50 bits per heavy atom. The first-order chi connectivity index (χ1) is 4.88. The molecule has 0 spiro atoms. The van der Waals surface area contributed by atoms with Crippen LogP contribution in [0.25, 0.3) is 0 Å². The summed E-state index contributed by atoms with van der Waals surface area (Å²) in [4.78, 5) is 11.1. The van der Waals surface area contributed by atoms with E-state index in [1.165, 1.54) is 5.57 Å². The predicted octanol–water partition coefficient (Wildman–Crippen LogP) is 0.305. The van der Waals surface area contributed by atoms with Crippen molar-refractivity contribution in [1.82, 2.24) is 10.9 Å². The second kappa shape index (κ2) is 2.01. The van der Waals surface area contributed by atoms with E-state index in [9.17, 15) is 4.79 Å². The third-order valence-corrected chi connectivity index (χ3v) is 2.18. The van der Waals surface area contributed by atoms with Crippen LogP contribution in [0, 0.1) is 5.92 Å². The highest BCUT2D eigenvalue weighted by molar-refractivity contribution is 5.82. The molecule has 0 saturated heterocycles. The van der Waals surface area contributed by atoms with Gasteiger partial charge in [0.05, 0.1) is 5.92 Å². The van der Waals surface area contributed by atoms with Gasteiger partial charge in [-0.05, 0) is 24.8 Å². The zero-order chi connectivity index (χ0) is 6.97. The standard InChI is InChI=1S/C7H10N2O/c10-7-6-3-1-2-5(6)4-8-9-7/h4,6,8H,1-3H2,(H,9,10). The number of hydrogen-bond donors (Lipinski definition) is 2. The molecule has 0 aromatic rings. The van der Waals surface area contributed by atoms with E-state index in [0.29, 0.717) is 0 Å². The largest absolute Gasteiger partial charge is 0.306 e. The Bertz CT molecular complexity index is 198. The highest BCUT2D eigenvalue weighted by Gasteiger charge is 2.29. The van der Waals surface area contributed by atoms with Crippen LogP contribution in [-0.4, -0.2) is 5.91 Å². The lowest BCUT2D eigenvalue weighted by Gasteiger charge is -2.17. The van der Waals surface area contributed by atoms with Crippen LogP contribution in [-0.2, 0) is 4.79 Å². The maximum Gasteiger partial charge on any atom is 0.245 e. The van der Waals surface area contributed by atoms with Crippen LogP contribution >= 0.6 is 0 Å². The quantitative estimate of drug-likeness (QED) is 0.505. The summed E-state index contributed by atoms with van der Waals surface area (Å²) in [5.74, 6) is 0.316. The van der Waals surface area contributed by atoms with Crippen LogP contribution in [0.5, 0.6) is 0 Å². The Morgan fingerprint density at radius 1 is 1.60 bits per heavy atom. The Kier molecular flexibility index (Phi) is 1.16. The number of amides is 1. The molecule has 1 heterocycles. The van der Waals surface area contributed by atoms with E-state index in [-0.39, 0.29) is 11.8 Å². The maximum atomic E-state index is 11.1. The number of carbonyl (C=O) groups excluding carboxylic acids is 1. The van der Waals surface area contributed by atoms with E-state index in [1.807, 2.05) is 6.20 Å². The highest BCUT2D eigenvalue weighted by atomic mass is 16.2. The third-order valence-electron chi connectivity index (χ3n) is 2.18. The summed E-state index contributed by atoms with van der Waals surface area (Å²) in [5, 5.41) is 0. The zero-order valence-corrected chi connectivity index (χ0v) is 5.68. The smallest absolute Gasteiger partial charge is 0.245 e. The average molecular weight is 138 g/mol. The molecule has 2 rings (SSSR count). The molecule has 1 unspecified atom stereocenters. The molecule has 1 fully saturated rings. The van der Waals surface area contributed by atoms with Crippen molar-refractivity contribution in [3.05, 3.63) is 11.8 Å². The van der Waals surface area contributed by atoms with Crippen molar-refractivity contribution in [2.45, 2.75) is 19.3 Å². The number of carbonyl (C=O) groups is 1. The van der Waals surface area contributed by atoms with E-state index >= 15 is 0 Å². The van der Waals surface area contributed by atoms with Crippen LogP contribution in [0.15, 0.2) is 11.8 Å². The molecule has 1 aliphatic heterocycles. The van der Waals surface area contributed by atoms with Gasteiger partial charge in [-0.2, -0.15) is 0 Å². The summed E-state index contributed by atoms with van der Waals surface area (Å²) >= 11 is 0. The molecule has 1 aliphatic carbocycles. The molecule has 54 valence electrons. The summed E-state index contributed by atoms with van der Waals surface area (Å²) in [5.41, 5.74) is 6.60. The third kappa shape index (κ3) is 0.701. The molecular formula is C7H10N2O. The van der Waals surface area contributed by atoms with Crippen molar-refractivity contribution in [3.63, 3.8) is 0 Å². The lowest BCUT2D eigenvalue weighted by molar-refractivity contribution is -0.124.